The van der Waals surface area contributed by atoms with E-state index in [1.807, 2.05) is 43.6 Å². The van der Waals surface area contributed by atoms with E-state index in [9.17, 15) is 4.39 Å². The number of benzene rings is 1. The normalized spacial score (nSPS) is 19.5. The molecule has 1 aliphatic carbocycles. The summed E-state index contributed by atoms with van der Waals surface area (Å²) in [6.45, 7) is 4.42. The van der Waals surface area contributed by atoms with Crippen molar-refractivity contribution in [3.8, 4) is 0 Å². The molecule has 4 nitrogen and oxygen atoms in total. The lowest BCUT2D eigenvalue weighted by atomic mass is 10.1. The van der Waals surface area contributed by atoms with Gasteiger partial charge >= 0.3 is 0 Å². The minimum Gasteiger partial charge on any atom is -0.357 e. The second-order valence-corrected chi connectivity index (χ2v) is 5.80. The van der Waals surface area contributed by atoms with Gasteiger partial charge in [0.15, 0.2) is 5.96 Å². The maximum Gasteiger partial charge on any atom is 0.191 e. The molecular formula is C18H24FIN4. The van der Waals surface area contributed by atoms with Crippen LogP contribution in [-0.4, -0.2) is 29.7 Å². The Bertz CT molecular complexity index is 657. The first-order valence-corrected chi connectivity index (χ1v) is 8.18. The molecule has 1 aromatic heterocycles. The molecule has 0 saturated heterocycles. The lowest BCUT2D eigenvalue weighted by molar-refractivity contribution is 0.607. The van der Waals surface area contributed by atoms with Crippen LogP contribution >= 0.6 is 24.0 Å². The van der Waals surface area contributed by atoms with Gasteiger partial charge in [-0.25, -0.2) is 4.39 Å². The van der Waals surface area contributed by atoms with Crippen LogP contribution in [0.15, 0.2) is 53.8 Å². The average Bonchev–Trinajstić information content (AvgIpc) is 3.09. The fourth-order valence-corrected chi connectivity index (χ4v) is 2.77. The zero-order chi connectivity index (χ0) is 16.1. The molecule has 0 aliphatic heterocycles. The van der Waals surface area contributed by atoms with Crippen LogP contribution in [0.25, 0.3) is 0 Å². The zero-order valence-corrected chi connectivity index (χ0v) is 16.1. The van der Waals surface area contributed by atoms with Crippen LogP contribution in [0.3, 0.4) is 0 Å². The Morgan fingerprint density at radius 3 is 2.71 bits per heavy atom. The average molecular weight is 442 g/mol. The number of rotatable bonds is 6. The Balaban J connectivity index is 0.00000208. The van der Waals surface area contributed by atoms with Crippen LogP contribution in [0.2, 0.25) is 0 Å². The van der Waals surface area contributed by atoms with Gasteiger partial charge in [-0.1, -0.05) is 18.2 Å². The summed E-state index contributed by atoms with van der Waals surface area (Å²) < 4.78 is 15.9. The second kappa shape index (κ2) is 9.05. The van der Waals surface area contributed by atoms with Crippen LogP contribution < -0.4 is 10.6 Å². The highest BCUT2D eigenvalue weighted by molar-refractivity contribution is 14.0. The van der Waals surface area contributed by atoms with Crippen molar-refractivity contribution in [3.63, 3.8) is 0 Å². The Morgan fingerprint density at radius 2 is 2.00 bits per heavy atom. The number of nitrogens with zero attached hydrogens (tertiary/aromatic N) is 2. The van der Waals surface area contributed by atoms with Crippen molar-refractivity contribution in [2.24, 2.45) is 4.99 Å². The van der Waals surface area contributed by atoms with Crippen LogP contribution in [0.4, 0.5) is 4.39 Å². The van der Waals surface area contributed by atoms with E-state index in [-0.39, 0.29) is 41.8 Å². The first-order chi connectivity index (χ1) is 11.3. The monoisotopic (exact) mass is 442 g/mol. The van der Waals surface area contributed by atoms with Gasteiger partial charge in [0.05, 0.1) is 6.54 Å². The van der Waals surface area contributed by atoms with E-state index in [0.717, 1.165) is 31.0 Å². The molecular weight excluding hydrogens is 418 g/mol. The number of hydrogen-bond donors (Lipinski definition) is 2. The van der Waals surface area contributed by atoms with E-state index < -0.39 is 0 Å². The SMILES string of the molecule is CCNC(=NCCn1cccc1)NC1CC1c1ccccc1F.I. The number of halogens is 2. The van der Waals surface area contributed by atoms with Crippen LogP contribution in [-0.2, 0) is 6.54 Å². The third kappa shape index (κ3) is 4.96. The number of nitrogens with one attached hydrogen (secondary N) is 2. The van der Waals surface area contributed by atoms with Crippen LogP contribution in [0.1, 0.15) is 24.8 Å². The second-order valence-electron chi connectivity index (χ2n) is 5.80. The van der Waals surface area contributed by atoms with Gasteiger partial charge in [0, 0.05) is 37.4 Å². The van der Waals surface area contributed by atoms with Crippen molar-refractivity contribution in [1.82, 2.24) is 15.2 Å². The van der Waals surface area contributed by atoms with Crippen molar-refractivity contribution in [3.05, 3.63) is 60.2 Å². The maximum absolute atomic E-state index is 13.8. The summed E-state index contributed by atoms with van der Waals surface area (Å²) in [7, 11) is 0. The highest BCUT2D eigenvalue weighted by atomic mass is 127. The highest BCUT2D eigenvalue weighted by Gasteiger charge is 2.40. The molecule has 3 rings (SSSR count). The molecule has 0 bridgehead atoms. The third-order valence-corrected chi connectivity index (χ3v) is 4.06. The Kier molecular flexibility index (Phi) is 7.08. The number of hydrogen-bond acceptors (Lipinski definition) is 1. The molecule has 0 amide bonds. The minimum atomic E-state index is -0.114. The number of guanidine groups is 1. The van der Waals surface area contributed by atoms with E-state index in [0.29, 0.717) is 6.54 Å². The number of aromatic nitrogens is 1. The fraction of sp³-hybridized carbons (Fsp3) is 0.389. The summed E-state index contributed by atoms with van der Waals surface area (Å²) in [5.74, 6) is 0.935. The highest BCUT2D eigenvalue weighted by Crippen LogP contribution is 2.41. The van der Waals surface area contributed by atoms with Gasteiger partial charge in [-0.3, -0.25) is 4.99 Å². The smallest absolute Gasteiger partial charge is 0.191 e. The van der Waals surface area contributed by atoms with Gasteiger partial charge < -0.3 is 15.2 Å². The lowest BCUT2D eigenvalue weighted by Crippen LogP contribution is -2.39. The molecule has 2 atom stereocenters. The van der Waals surface area contributed by atoms with Gasteiger partial charge in [-0.2, -0.15) is 0 Å². The molecule has 24 heavy (non-hydrogen) atoms. The predicted octanol–water partition coefficient (Wildman–Crippen LogP) is 3.36. The zero-order valence-electron chi connectivity index (χ0n) is 13.8. The lowest BCUT2D eigenvalue weighted by Gasteiger charge is -2.11. The van der Waals surface area contributed by atoms with Gasteiger partial charge in [0.2, 0.25) is 0 Å². The summed E-state index contributed by atoms with van der Waals surface area (Å²) in [4.78, 5) is 4.60. The van der Waals surface area contributed by atoms with E-state index >= 15 is 0 Å². The largest absolute Gasteiger partial charge is 0.357 e. The molecule has 1 aliphatic rings. The van der Waals surface area contributed by atoms with E-state index in [4.69, 9.17) is 0 Å². The Labute approximate surface area is 159 Å². The van der Waals surface area contributed by atoms with Gasteiger partial charge in [-0.05, 0) is 37.1 Å². The number of aliphatic imine (C=N–C) groups is 1. The molecule has 1 aromatic carbocycles. The van der Waals surface area contributed by atoms with Crippen molar-refractivity contribution >= 4 is 29.9 Å². The van der Waals surface area contributed by atoms with E-state index in [1.165, 1.54) is 6.07 Å². The van der Waals surface area contributed by atoms with Gasteiger partial charge in [0.25, 0.3) is 0 Å². The van der Waals surface area contributed by atoms with Crippen molar-refractivity contribution in [2.45, 2.75) is 31.8 Å². The molecule has 2 N–H and O–H groups in total. The topological polar surface area (TPSA) is 41.4 Å². The van der Waals surface area contributed by atoms with Gasteiger partial charge in [0.1, 0.15) is 5.82 Å². The molecule has 2 unspecified atom stereocenters. The molecule has 6 heteroatoms. The molecule has 2 aromatic rings. The molecule has 0 radical (unpaired) electrons. The van der Waals surface area contributed by atoms with E-state index in [1.54, 1.807) is 6.07 Å². The summed E-state index contributed by atoms with van der Waals surface area (Å²) in [6.07, 6.45) is 5.01. The first-order valence-electron chi connectivity index (χ1n) is 8.18. The molecule has 1 fully saturated rings. The Morgan fingerprint density at radius 1 is 1.25 bits per heavy atom. The van der Waals surface area contributed by atoms with Crippen LogP contribution in [0.5, 0.6) is 0 Å². The predicted molar refractivity (Wildman–Crippen MR) is 107 cm³/mol. The standard InChI is InChI=1S/C18H23FN4.HI/c1-2-20-18(21-9-12-23-10-5-6-11-23)22-17-13-15(17)14-7-3-4-8-16(14)19;/h3-8,10-11,15,17H,2,9,12-13H2,1H3,(H2,20,21,22);1H. The van der Waals surface area contributed by atoms with E-state index in [2.05, 4.69) is 20.2 Å². The first kappa shape index (κ1) is 18.8. The molecule has 130 valence electrons. The van der Waals surface area contributed by atoms with Crippen molar-refractivity contribution in [2.75, 3.05) is 13.1 Å². The fourth-order valence-electron chi connectivity index (χ4n) is 2.77. The van der Waals surface area contributed by atoms with Gasteiger partial charge in [-0.15, -0.1) is 24.0 Å². The van der Waals surface area contributed by atoms with Crippen LogP contribution in [0, 0.1) is 5.82 Å². The quantitative estimate of drug-likeness (QED) is 0.410. The summed E-state index contributed by atoms with van der Waals surface area (Å²) >= 11 is 0. The summed E-state index contributed by atoms with van der Waals surface area (Å²) in [5.41, 5.74) is 0.799. The van der Waals surface area contributed by atoms with Crippen molar-refractivity contribution < 1.29 is 4.39 Å². The minimum absolute atomic E-state index is 0. The third-order valence-electron chi connectivity index (χ3n) is 4.06. The maximum atomic E-state index is 13.8. The molecule has 1 saturated carbocycles. The molecule has 1 heterocycles. The Hall–Kier alpha value is -1.57. The van der Waals surface area contributed by atoms with Crippen molar-refractivity contribution in [1.29, 1.82) is 0 Å². The summed E-state index contributed by atoms with van der Waals surface area (Å²) in [5, 5.41) is 6.67. The molecule has 0 spiro atoms. The summed E-state index contributed by atoms with van der Waals surface area (Å²) in [6, 6.07) is 11.3.